The number of nitrogens with zero attached hydrogens (tertiary/aromatic N) is 4. The van der Waals surface area contributed by atoms with Crippen molar-refractivity contribution in [3.63, 3.8) is 0 Å². The lowest BCUT2D eigenvalue weighted by Gasteiger charge is -2.49. The van der Waals surface area contributed by atoms with Crippen LogP contribution in [0, 0.1) is 0 Å². The SMILES string of the molecule is COC(=O)NCC1(O[Si](C)(C)C(C)(C)C)CCN(Cc2cc(Oc3ccc(N4CCNCC4)nc3)nc(-c3cc(Cl)cc(Cl)c3)c2)CC1. The van der Waals surface area contributed by atoms with Gasteiger partial charge in [-0.3, -0.25) is 4.90 Å². The van der Waals surface area contributed by atoms with E-state index in [1.165, 1.54) is 7.11 Å². The number of amides is 1. The molecule has 2 N–H and O–H groups in total. The van der Waals surface area contributed by atoms with Crippen LogP contribution in [-0.4, -0.2) is 87.8 Å². The van der Waals surface area contributed by atoms with Gasteiger partial charge in [-0.15, -0.1) is 0 Å². The van der Waals surface area contributed by atoms with Crippen LogP contribution < -0.4 is 20.3 Å². The number of alkyl carbamates (subject to hydrolysis) is 1. The molecule has 2 fully saturated rings. The van der Waals surface area contributed by atoms with Crippen LogP contribution in [0.4, 0.5) is 10.6 Å². The zero-order valence-electron chi connectivity index (χ0n) is 28.9. The average Bonchev–Trinajstić information content (AvgIpc) is 3.04. The van der Waals surface area contributed by atoms with Gasteiger partial charge in [0.25, 0.3) is 0 Å². The first-order valence-corrected chi connectivity index (χ1v) is 20.2. The van der Waals surface area contributed by atoms with Crippen molar-refractivity contribution in [2.75, 3.05) is 57.8 Å². The van der Waals surface area contributed by atoms with E-state index in [0.717, 1.165) is 69.1 Å². The van der Waals surface area contributed by atoms with Crippen molar-refractivity contribution in [2.24, 2.45) is 0 Å². The molecule has 3 aromatic rings. The van der Waals surface area contributed by atoms with E-state index < -0.39 is 20.0 Å². The lowest BCUT2D eigenvalue weighted by Crippen LogP contribution is -2.58. The van der Waals surface area contributed by atoms with Gasteiger partial charge in [-0.05, 0) is 72.9 Å². The average molecular weight is 716 g/mol. The summed E-state index contributed by atoms with van der Waals surface area (Å²) in [5, 5.41) is 7.41. The van der Waals surface area contributed by atoms with E-state index in [2.05, 4.69) is 65.3 Å². The number of carbonyl (C=O) groups is 1. The van der Waals surface area contributed by atoms with E-state index in [-0.39, 0.29) is 5.04 Å². The summed E-state index contributed by atoms with van der Waals surface area (Å²) < 4.78 is 18.2. The van der Waals surface area contributed by atoms with Crippen molar-refractivity contribution in [2.45, 2.75) is 63.9 Å². The third-order valence-corrected chi connectivity index (χ3v) is 14.6. The smallest absolute Gasteiger partial charge is 0.406 e. The minimum absolute atomic E-state index is 0.0380. The number of piperazine rings is 1. The molecule has 1 amide bonds. The Bertz CT molecular complexity index is 1540. The number of pyridine rings is 2. The second kappa shape index (κ2) is 15.3. The van der Waals surface area contributed by atoms with Gasteiger partial charge in [0.15, 0.2) is 8.32 Å². The van der Waals surface area contributed by atoms with Crippen molar-refractivity contribution in [3.05, 3.63) is 64.3 Å². The summed E-state index contributed by atoms with van der Waals surface area (Å²) in [6.07, 6.45) is 2.86. The number of piperidine rings is 1. The number of anilines is 1. The van der Waals surface area contributed by atoms with E-state index in [0.29, 0.717) is 40.5 Å². The molecule has 0 spiro atoms. The molecular weight excluding hydrogens is 667 g/mol. The van der Waals surface area contributed by atoms with Crippen LogP contribution in [0.5, 0.6) is 11.6 Å². The van der Waals surface area contributed by atoms with Gasteiger partial charge in [-0.25, -0.2) is 14.8 Å². The van der Waals surface area contributed by atoms with Crippen LogP contribution >= 0.6 is 23.2 Å². The number of likely N-dealkylation sites (tertiary alicyclic amines) is 1. The molecule has 2 aliphatic rings. The number of hydrogen-bond acceptors (Lipinski definition) is 9. The molecule has 5 rings (SSSR count). The molecular formula is C35H48Cl2N6O4Si. The van der Waals surface area contributed by atoms with Gasteiger partial charge in [-0.1, -0.05) is 44.0 Å². The number of aromatic nitrogens is 2. The van der Waals surface area contributed by atoms with Gasteiger partial charge in [0.1, 0.15) is 11.6 Å². The molecule has 2 aliphatic heterocycles. The van der Waals surface area contributed by atoms with Crippen molar-refractivity contribution in [3.8, 4) is 22.9 Å². The maximum absolute atomic E-state index is 12.1. The summed E-state index contributed by atoms with van der Waals surface area (Å²) in [7, 11) is -0.738. The number of hydrogen-bond donors (Lipinski definition) is 2. The van der Waals surface area contributed by atoms with Crippen LogP contribution in [0.2, 0.25) is 28.2 Å². The maximum Gasteiger partial charge on any atom is 0.406 e. The van der Waals surface area contributed by atoms with Gasteiger partial charge in [-0.2, -0.15) is 0 Å². The molecule has 4 heterocycles. The van der Waals surface area contributed by atoms with Crippen molar-refractivity contribution in [1.82, 2.24) is 25.5 Å². The summed E-state index contributed by atoms with van der Waals surface area (Å²) in [6.45, 7) is 17.6. The van der Waals surface area contributed by atoms with E-state index in [4.69, 9.17) is 42.1 Å². The Kier molecular flexibility index (Phi) is 11.6. The highest BCUT2D eigenvalue weighted by atomic mass is 35.5. The number of ether oxygens (including phenoxy) is 2. The highest BCUT2D eigenvalue weighted by Crippen LogP contribution is 2.42. The monoisotopic (exact) mass is 714 g/mol. The highest BCUT2D eigenvalue weighted by Gasteiger charge is 2.46. The maximum atomic E-state index is 12.1. The first-order valence-electron chi connectivity index (χ1n) is 16.6. The van der Waals surface area contributed by atoms with E-state index in [9.17, 15) is 4.79 Å². The summed E-state index contributed by atoms with van der Waals surface area (Å²) in [4.78, 5) is 26.3. The zero-order valence-corrected chi connectivity index (χ0v) is 31.4. The third-order valence-electron chi connectivity index (χ3n) is 9.60. The molecule has 0 aliphatic carbocycles. The lowest BCUT2D eigenvalue weighted by molar-refractivity contribution is -0.0105. The Labute approximate surface area is 295 Å². The largest absolute Gasteiger partial charge is 0.453 e. The Morgan fingerprint density at radius 1 is 1.02 bits per heavy atom. The van der Waals surface area contributed by atoms with Crippen molar-refractivity contribution >= 4 is 43.4 Å². The second-order valence-corrected chi connectivity index (χ2v) is 19.8. The lowest BCUT2D eigenvalue weighted by atomic mass is 9.91. The Hall–Kier alpha value is -2.93. The number of nitrogens with one attached hydrogen (secondary N) is 2. The molecule has 10 nitrogen and oxygen atoms in total. The van der Waals surface area contributed by atoms with Crippen LogP contribution in [0.1, 0.15) is 39.2 Å². The fourth-order valence-corrected chi connectivity index (χ4v) is 8.07. The molecule has 260 valence electrons. The first kappa shape index (κ1) is 36.4. The van der Waals surface area contributed by atoms with Crippen molar-refractivity contribution in [1.29, 1.82) is 0 Å². The first-order chi connectivity index (χ1) is 22.7. The van der Waals surface area contributed by atoms with E-state index in [1.54, 1.807) is 12.3 Å². The van der Waals surface area contributed by atoms with Crippen LogP contribution in [0.15, 0.2) is 48.7 Å². The Morgan fingerprint density at radius 3 is 2.31 bits per heavy atom. The predicted molar refractivity (Wildman–Crippen MR) is 195 cm³/mol. The summed E-state index contributed by atoms with van der Waals surface area (Å²) in [6, 6.07) is 13.4. The normalized spacial score (nSPS) is 17.2. The van der Waals surface area contributed by atoms with Gasteiger partial charge < -0.3 is 29.4 Å². The molecule has 2 aromatic heterocycles. The van der Waals surface area contributed by atoms with Crippen molar-refractivity contribution < 1.29 is 18.7 Å². The number of methoxy groups -OCH3 is 1. The number of rotatable bonds is 10. The quantitative estimate of drug-likeness (QED) is 0.209. The molecule has 1 aromatic carbocycles. The van der Waals surface area contributed by atoms with Crippen LogP contribution in [-0.2, 0) is 15.7 Å². The highest BCUT2D eigenvalue weighted by molar-refractivity contribution is 6.74. The molecule has 0 radical (unpaired) electrons. The van der Waals surface area contributed by atoms with Crippen LogP contribution in [0.25, 0.3) is 11.3 Å². The minimum Gasteiger partial charge on any atom is -0.453 e. The van der Waals surface area contributed by atoms with E-state index >= 15 is 0 Å². The molecule has 0 atom stereocenters. The minimum atomic E-state index is -2.12. The molecule has 0 unspecified atom stereocenters. The molecule has 2 saturated heterocycles. The Balaban J connectivity index is 1.36. The summed E-state index contributed by atoms with van der Waals surface area (Å²) in [5.74, 6) is 2.00. The van der Waals surface area contributed by atoms with Gasteiger partial charge >= 0.3 is 6.09 Å². The van der Waals surface area contributed by atoms with Gasteiger partial charge in [0, 0.05) is 74.0 Å². The molecule has 48 heavy (non-hydrogen) atoms. The second-order valence-electron chi connectivity index (χ2n) is 14.2. The fourth-order valence-electron chi connectivity index (χ4n) is 5.88. The standard InChI is InChI=1S/C35H48Cl2N6O4Si/c1-34(2,3)48(5,6)47-35(24-40-33(44)45-4)9-13-42(14-10-35)23-25-17-30(26-19-27(36)21-28(37)20-26)41-32(18-25)46-29-7-8-31(39-22-29)43-15-11-38-12-16-43/h7-8,17-22,38H,9-16,23-24H2,1-6H3,(H,40,44). The summed E-state index contributed by atoms with van der Waals surface area (Å²) >= 11 is 12.8. The molecule has 0 saturated carbocycles. The molecule has 0 bridgehead atoms. The fraction of sp³-hybridized carbons (Fsp3) is 0.514. The van der Waals surface area contributed by atoms with Gasteiger partial charge in [0.2, 0.25) is 5.88 Å². The zero-order chi connectivity index (χ0) is 34.5. The Morgan fingerprint density at radius 2 is 1.71 bits per heavy atom. The van der Waals surface area contributed by atoms with Crippen LogP contribution in [0.3, 0.4) is 0 Å². The van der Waals surface area contributed by atoms with Gasteiger partial charge in [0.05, 0.1) is 24.6 Å². The number of halogens is 2. The molecule has 13 heteroatoms. The number of benzene rings is 1. The summed E-state index contributed by atoms with van der Waals surface area (Å²) in [5.41, 5.74) is 2.10. The number of carbonyl (C=O) groups excluding carboxylic acids is 1. The third kappa shape index (κ3) is 9.39. The van der Waals surface area contributed by atoms with E-state index in [1.807, 2.05) is 30.3 Å². The predicted octanol–water partition coefficient (Wildman–Crippen LogP) is 7.36. The topological polar surface area (TPSA) is 101 Å².